The maximum Gasteiger partial charge on any atom is 2.00 e. The second-order valence-electron chi connectivity index (χ2n) is 10.1. The number of rotatable bonds is 11. The fourth-order valence-electron chi connectivity index (χ4n) is 4.13. The van der Waals surface area contributed by atoms with Crippen molar-refractivity contribution in [3.8, 4) is 33.7 Å². The average Bonchev–Trinajstić information content (AvgIpc) is 3.14. The van der Waals surface area contributed by atoms with Gasteiger partial charge in [0.05, 0.1) is 22.6 Å². The number of aromatic nitrogens is 4. The zero-order valence-corrected chi connectivity index (χ0v) is 31.9. The van der Waals surface area contributed by atoms with Crippen LogP contribution in [0.25, 0.3) is 11.4 Å². The van der Waals surface area contributed by atoms with E-state index in [4.69, 9.17) is 20.0 Å². The molecule has 0 radical (unpaired) electrons. The summed E-state index contributed by atoms with van der Waals surface area (Å²) < 4.78 is 9.42. The van der Waals surface area contributed by atoms with E-state index in [1.54, 1.807) is 36.5 Å². The number of pyridine rings is 4. The summed E-state index contributed by atoms with van der Waals surface area (Å²) in [6.45, 7) is 0.664. The molecule has 53 heavy (non-hydrogen) atoms. The second-order valence-corrected chi connectivity index (χ2v) is 10.5. The van der Waals surface area contributed by atoms with Gasteiger partial charge in [-0.3, -0.25) is 24.5 Å². The minimum atomic E-state index is -0.999. The number of carboxylic acid groups (broad SMARTS) is 1. The molecule has 0 aliphatic heterocycles. The molecular formula is C35H31N9O6RuS2. The first-order chi connectivity index (χ1) is 25.0. The van der Waals surface area contributed by atoms with Crippen LogP contribution in [-0.4, -0.2) is 72.1 Å². The number of carboxylic acids is 1. The third-order valence-electron chi connectivity index (χ3n) is 6.37. The van der Waals surface area contributed by atoms with Crippen molar-refractivity contribution in [2.45, 2.75) is 0 Å². The maximum atomic E-state index is 11.5. The van der Waals surface area contributed by atoms with E-state index < -0.39 is 5.97 Å². The molecule has 4 heterocycles. The van der Waals surface area contributed by atoms with Gasteiger partial charge in [-0.2, -0.15) is 0 Å². The van der Waals surface area contributed by atoms with Gasteiger partial charge in [-0.05, 0) is 54.6 Å². The first-order valence-electron chi connectivity index (χ1n) is 14.6. The van der Waals surface area contributed by atoms with E-state index in [0.717, 1.165) is 17.1 Å². The van der Waals surface area contributed by atoms with Crippen LogP contribution in [-0.2, 0) is 54.3 Å². The van der Waals surface area contributed by atoms with Gasteiger partial charge in [-0.1, -0.05) is 16.9 Å². The van der Waals surface area contributed by atoms with Gasteiger partial charge in [0.1, 0.15) is 23.1 Å². The third kappa shape index (κ3) is 14.4. The Labute approximate surface area is 330 Å². The zero-order chi connectivity index (χ0) is 38.5. The van der Waals surface area contributed by atoms with Gasteiger partial charge in [0.25, 0.3) is 12.9 Å². The molecule has 1 aromatic carbocycles. The number of ether oxygens (including phenoxy) is 2. The Morgan fingerprint density at radius 3 is 1.55 bits per heavy atom. The molecule has 15 nitrogen and oxygen atoms in total. The Hall–Kier alpha value is -6.33. The van der Waals surface area contributed by atoms with Gasteiger partial charge in [0.2, 0.25) is 0 Å². The minimum Gasteiger partial charge on any atom is -0.696 e. The fraction of sp³-hybridized carbons (Fsp3) is 0.114. The van der Waals surface area contributed by atoms with E-state index in [1.165, 1.54) is 35.5 Å². The van der Waals surface area contributed by atoms with E-state index in [1.807, 2.05) is 73.2 Å². The standard InChI is InChI=1S/C21H23N5O2.C12H8N2O4.2CHNS.Ru/c1-24(2)16-12-17(25(3)4)14-18(13-16)26(19-7-5-6-9-22-19)20-11-15(21(27)28)8-10-23-20;15-7-17-9-1-3-13-11(5-9)12-6-10(18-8-16)2-4-14-12;2*2-1-3;/h5-14H,1-4H3,(H,27,28);1-8H;2*3H;/q;;;;+2/p-2. The molecule has 0 atom stereocenters. The maximum absolute atomic E-state index is 11.5. The predicted molar refractivity (Wildman–Crippen MR) is 199 cm³/mol. The fourth-order valence-corrected chi connectivity index (χ4v) is 4.13. The van der Waals surface area contributed by atoms with Crippen molar-refractivity contribution in [3.63, 3.8) is 0 Å². The summed E-state index contributed by atoms with van der Waals surface area (Å²) in [4.78, 5) is 54.9. The van der Waals surface area contributed by atoms with Crippen LogP contribution < -0.4 is 24.2 Å². The summed E-state index contributed by atoms with van der Waals surface area (Å²) >= 11 is 7.40. The van der Waals surface area contributed by atoms with Gasteiger partial charge in [0, 0.05) is 76.5 Å². The summed E-state index contributed by atoms with van der Waals surface area (Å²) in [7, 11) is 7.92. The van der Waals surface area contributed by atoms with Crippen LogP contribution in [0.15, 0.2) is 97.6 Å². The van der Waals surface area contributed by atoms with Gasteiger partial charge in [0.15, 0.2) is 0 Å². The van der Waals surface area contributed by atoms with E-state index in [0.29, 0.717) is 47.5 Å². The number of aromatic carboxylic acids is 1. The molecule has 0 fully saturated rings. The predicted octanol–water partition coefficient (Wildman–Crippen LogP) is 5.02. The molecule has 5 aromatic rings. The Balaban J connectivity index is 0.000000483. The molecule has 0 unspecified atom stereocenters. The number of anilines is 5. The molecule has 0 amide bonds. The molecule has 5 rings (SSSR count). The SMILES string of the molecule is CN(C)c1cc(N(C)C)cc(N(c2ccccn2)c2cc(C(=O)O)ccn2)c1.N#C[S-].N#C[S-].O=COc1ccnc(-c2cc(OC=O)ccn2)c1.[Ru+2]. The van der Waals surface area contributed by atoms with Gasteiger partial charge in [-0.25, -0.2) is 25.3 Å². The molecule has 0 spiro atoms. The molecule has 272 valence electrons. The molecule has 18 heteroatoms. The smallest absolute Gasteiger partial charge is 0.696 e. The van der Waals surface area contributed by atoms with Gasteiger partial charge < -0.3 is 49.6 Å². The van der Waals surface area contributed by atoms with Crippen molar-refractivity contribution in [2.24, 2.45) is 0 Å². The first-order valence-corrected chi connectivity index (χ1v) is 15.4. The molecule has 0 aliphatic carbocycles. The van der Waals surface area contributed by atoms with Crippen molar-refractivity contribution in [3.05, 3.63) is 103 Å². The molecule has 4 aromatic heterocycles. The van der Waals surface area contributed by atoms with E-state index in [2.05, 4.69) is 51.3 Å². The normalized spacial score (nSPS) is 9.02. The summed E-state index contributed by atoms with van der Waals surface area (Å²) in [6, 6.07) is 21.0. The number of carbonyl (C=O) groups is 3. The number of benzene rings is 1. The van der Waals surface area contributed by atoms with Crippen LogP contribution in [0.3, 0.4) is 0 Å². The Morgan fingerprint density at radius 1 is 0.679 bits per heavy atom. The Morgan fingerprint density at radius 2 is 1.13 bits per heavy atom. The van der Waals surface area contributed by atoms with E-state index >= 15 is 0 Å². The topological polar surface area (TPSA) is 199 Å². The molecule has 1 N–H and O–H groups in total. The zero-order valence-electron chi connectivity index (χ0n) is 28.6. The minimum absolute atomic E-state index is 0. The number of nitriles is 2. The second kappa shape index (κ2) is 24.0. The summed E-state index contributed by atoms with van der Waals surface area (Å²) in [5.41, 5.74) is 4.04. The van der Waals surface area contributed by atoms with E-state index in [9.17, 15) is 19.5 Å². The van der Waals surface area contributed by atoms with Crippen molar-refractivity contribution in [2.75, 3.05) is 42.9 Å². The quantitative estimate of drug-likeness (QED) is 0.0805. The number of hydrogen-bond donors (Lipinski definition) is 1. The molecule has 0 bridgehead atoms. The first kappa shape index (κ1) is 44.7. The number of thiocyanates is 2. The van der Waals surface area contributed by atoms with Crippen LogP contribution in [0.2, 0.25) is 0 Å². The number of nitrogens with zero attached hydrogens (tertiary/aromatic N) is 9. The third-order valence-corrected chi connectivity index (χ3v) is 6.37. The Bertz CT molecular complexity index is 1920. The number of carbonyl (C=O) groups excluding carboxylic acids is 2. The van der Waals surface area contributed by atoms with Crippen LogP contribution in [0.4, 0.5) is 28.7 Å². The Kier molecular flexibility index (Phi) is 20.2. The largest absolute Gasteiger partial charge is 2.00 e. The van der Waals surface area contributed by atoms with Crippen LogP contribution >= 0.6 is 0 Å². The summed E-state index contributed by atoms with van der Waals surface area (Å²) in [5, 5.41) is 26.3. The molecular weight excluding hydrogens is 808 g/mol. The molecule has 0 saturated carbocycles. The van der Waals surface area contributed by atoms with Crippen molar-refractivity contribution in [1.82, 2.24) is 19.9 Å². The molecule has 0 aliphatic rings. The monoisotopic (exact) mass is 839 g/mol. The van der Waals surface area contributed by atoms with Crippen LogP contribution in [0.5, 0.6) is 11.5 Å². The van der Waals surface area contributed by atoms with Gasteiger partial charge >= 0.3 is 25.4 Å². The van der Waals surface area contributed by atoms with Crippen LogP contribution in [0.1, 0.15) is 10.4 Å². The van der Waals surface area contributed by atoms with E-state index in [-0.39, 0.29) is 25.0 Å². The van der Waals surface area contributed by atoms with Crippen molar-refractivity contribution >= 4 is 72.9 Å². The van der Waals surface area contributed by atoms with Crippen LogP contribution in [0, 0.1) is 21.3 Å². The molecule has 0 saturated heterocycles. The summed E-state index contributed by atoms with van der Waals surface area (Å²) in [6.07, 6.45) is 6.18. The number of hydrogen-bond acceptors (Lipinski definition) is 16. The average molecular weight is 839 g/mol. The van der Waals surface area contributed by atoms with Crippen molar-refractivity contribution in [1.29, 1.82) is 10.5 Å². The van der Waals surface area contributed by atoms with Gasteiger partial charge in [-0.15, -0.1) is 0 Å². The van der Waals surface area contributed by atoms with Crippen molar-refractivity contribution < 1.29 is 48.4 Å². The summed E-state index contributed by atoms with van der Waals surface area (Å²) in [5.74, 6) is 0.857.